The van der Waals surface area contributed by atoms with Gasteiger partial charge in [0.1, 0.15) is 5.82 Å². The van der Waals surface area contributed by atoms with Crippen LogP contribution < -0.4 is 16.4 Å². The van der Waals surface area contributed by atoms with Gasteiger partial charge in [0.05, 0.1) is 0 Å². The molecule has 4 nitrogen and oxygen atoms in total. The molecular weight excluding hydrogens is 176 g/mol. The van der Waals surface area contributed by atoms with Crippen molar-refractivity contribution < 1.29 is 0 Å². The Morgan fingerprint density at radius 3 is 3.00 bits per heavy atom. The molecule has 0 radical (unpaired) electrons. The molecule has 76 valence electrons. The van der Waals surface area contributed by atoms with Gasteiger partial charge in [0.15, 0.2) is 0 Å². The third-order valence-electron chi connectivity index (χ3n) is 2.58. The van der Waals surface area contributed by atoms with Crippen LogP contribution in [0.1, 0.15) is 17.2 Å². The number of nitrogens with zero attached hydrogens (tertiary/aromatic N) is 1. The van der Waals surface area contributed by atoms with Crippen LogP contribution in [-0.2, 0) is 0 Å². The average molecular weight is 192 g/mol. The van der Waals surface area contributed by atoms with E-state index in [9.17, 15) is 0 Å². The molecule has 0 aliphatic carbocycles. The van der Waals surface area contributed by atoms with E-state index in [1.54, 1.807) is 0 Å². The van der Waals surface area contributed by atoms with E-state index in [1.165, 1.54) is 5.56 Å². The quantitative estimate of drug-likeness (QED) is 0.595. The van der Waals surface area contributed by atoms with Crippen molar-refractivity contribution in [1.82, 2.24) is 15.6 Å². The molecule has 0 spiro atoms. The normalized spacial score (nSPS) is 22.2. The van der Waals surface area contributed by atoms with Crippen molar-refractivity contribution in [3.05, 3.63) is 23.4 Å². The van der Waals surface area contributed by atoms with Gasteiger partial charge in [0, 0.05) is 31.9 Å². The number of anilines is 1. The summed E-state index contributed by atoms with van der Waals surface area (Å²) in [6.07, 6.45) is 1.85. The smallest absolute Gasteiger partial charge is 0.126 e. The van der Waals surface area contributed by atoms with E-state index in [2.05, 4.69) is 21.7 Å². The van der Waals surface area contributed by atoms with Crippen LogP contribution in [0.3, 0.4) is 0 Å². The average Bonchev–Trinajstić information content (AvgIpc) is 2.23. The molecule has 0 saturated carbocycles. The van der Waals surface area contributed by atoms with Gasteiger partial charge in [0.25, 0.3) is 0 Å². The first-order valence-electron chi connectivity index (χ1n) is 4.93. The van der Waals surface area contributed by atoms with Crippen molar-refractivity contribution in [2.75, 3.05) is 25.4 Å². The Kier molecular flexibility index (Phi) is 2.65. The third-order valence-corrected chi connectivity index (χ3v) is 2.58. The first-order chi connectivity index (χ1) is 6.77. The van der Waals surface area contributed by atoms with Crippen LogP contribution in [0.5, 0.6) is 0 Å². The van der Waals surface area contributed by atoms with Gasteiger partial charge in [-0.05, 0) is 24.1 Å². The number of rotatable bonds is 1. The molecule has 1 aliphatic heterocycles. The number of pyridine rings is 1. The SMILES string of the molecule is Cc1cc([C@@H]2CNCCN2)cnc1N. The van der Waals surface area contributed by atoms with Crippen LogP contribution in [0.2, 0.25) is 0 Å². The van der Waals surface area contributed by atoms with E-state index >= 15 is 0 Å². The summed E-state index contributed by atoms with van der Waals surface area (Å²) in [7, 11) is 0. The molecule has 0 unspecified atom stereocenters. The van der Waals surface area contributed by atoms with Gasteiger partial charge in [-0.1, -0.05) is 0 Å². The maximum absolute atomic E-state index is 5.67. The lowest BCUT2D eigenvalue weighted by Gasteiger charge is -2.24. The minimum Gasteiger partial charge on any atom is -0.383 e. The van der Waals surface area contributed by atoms with Crippen molar-refractivity contribution in [1.29, 1.82) is 0 Å². The zero-order valence-electron chi connectivity index (χ0n) is 8.38. The van der Waals surface area contributed by atoms with E-state index in [0.717, 1.165) is 25.2 Å². The number of aromatic nitrogens is 1. The Morgan fingerprint density at radius 1 is 1.50 bits per heavy atom. The zero-order valence-corrected chi connectivity index (χ0v) is 8.38. The molecule has 0 aromatic carbocycles. The highest BCUT2D eigenvalue weighted by molar-refractivity contribution is 5.40. The van der Waals surface area contributed by atoms with Gasteiger partial charge in [-0.3, -0.25) is 0 Å². The van der Waals surface area contributed by atoms with Crippen LogP contribution in [0.15, 0.2) is 12.3 Å². The van der Waals surface area contributed by atoms with Gasteiger partial charge in [-0.25, -0.2) is 4.98 Å². The molecule has 0 bridgehead atoms. The Morgan fingerprint density at radius 2 is 2.36 bits per heavy atom. The highest BCUT2D eigenvalue weighted by Gasteiger charge is 2.14. The van der Waals surface area contributed by atoms with E-state index < -0.39 is 0 Å². The second kappa shape index (κ2) is 3.94. The van der Waals surface area contributed by atoms with Crippen LogP contribution in [-0.4, -0.2) is 24.6 Å². The van der Waals surface area contributed by atoms with Crippen LogP contribution in [0, 0.1) is 6.92 Å². The van der Waals surface area contributed by atoms with Gasteiger partial charge < -0.3 is 16.4 Å². The monoisotopic (exact) mass is 192 g/mol. The highest BCUT2D eigenvalue weighted by atomic mass is 15.1. The number of nitrogens with one attached hydrogen (secondary N) is 2. The minimum atomic E-state index is 0.371. The molecule has 1 aromatic rings. The summed E-state index contributed by atoms with van der Waals surface area (Å²) in [5, 5.41) is 6.78. The molecule has 4 heteroatoms. The lowest BCUT2D eigenvalue weighted by molar-refractivity contribution is 0.429. The number of hydrogen-bond donors (Lipinski definition) is 3. The molecule has 0 amide bonds. The summed E-state index contributed by atoms with van der Waals surface area (Å²) < 4.78 is 0. The molecule has 1 atom stereocenters. The van der Waals surface area contributed by atoms with Crippen molar-refractivity contribution in [3.8, 4) is 0 Å². The van der Waals surface area contributed by atoms with Crippen molar-refractivity contribution in [3.63, 3.8) is 0 Å². The summed E-state index contributed by atoms with van der Waals surface area (Å²) in [6.45, 7) is 5.00. The molecule has 1 aromatic heterocycles. The van der Waals surface area contributed by atoms with Crippen LogP contribution in [0.4, 0.5) is 5.82 Å². The third kappa shape index (κ3) is 1.86. The fourth-order valence-electron chi connectivity index (χ4n) is 1.69. The van der Waals surface area contributed by atoms with Gasteiger partial charge >= 0.3 is 0 Å². The fraction of sp³-hybridized carbons (Fsp3) is 0.500. The summed E-state index contributed by atoms with van der Waals surface area (Å²) in [5.74, 6) is 0.623. The lowest BCUT2D eigenvalue weighted by atomic mass is 10.1. The van der Waals surface area contributed by atoms with Gasteiger partial charge in [-0.2, -0.15) is 0 Å². The Labute approximate surface area is 83.9 Å². The molecule has 4 N–H and O–H groups in total. The lowest BCUT2D eigenvalue weighted by Crippen LogP contribution is -2.42. The molecule has 1 fully saturated rings. The zero-order chi connectivity index (χ0) is 9.97. The molecule has 2 heterocycles. The Bertz CT molecular complexity index is 318. The molecule has 2 rings (SSSR count). The predicted molar refractivity (Wildman–Crippen MR) is 57.0 cm³/mol. The second-order valence-electron chi connectivity index (χ2n) is 3.68. The van der Waals surface area contributed by atoms with E-state index in [0.29, 0.717) is 11.9 Å². The topological polar surface area (TPSA) is 63.0 Å². The maximum Gasteiger partial charge on any atom is 0.126 e. The second-order valence-corrected chi connectivity index (χ2v) is 3.68. The highest BCUT2D eigenvalue weighted by Crippen LogP contribution is 2.16. The number of hydrogen-bond acceptors (Lipinski definition) is 4. The number of nitrogens with two attached hydrogens (primary N) is 1. The van der Waals surface area contributed by atoms with E-state index in [-0.39, 0.29) is 0 Å². The van der Waals surface area contributed by atoms with Crippen molar-refractivity contribution in [2.24, 2.45) is 0 Å². The summed E-state index contributed by atoms with van der Waals surface area (Å²) in [6, 6.07) is 2.48. The fourth-order valence-corrected chi connectivity index (χ4v) is 1.69. The molecule has 1 aliphatic rings. The number of aryl methyl sites for hydroxylation is 1. The van der Waals surface area contributed by atoms with E-state index in [4.69, 9.17) is 5.73 Å². The Balaban J connectivity index is 2.18. The largest absolute Gasteiger partial charge is 0.383 e. The standard InChI is InChI=1S/C10H16N4/c1-7-4-8(5-14-10(7)11)9-6-12-2-3-13-9/h4-5,9,12-13H,2-3,6H2,1H3,(H2,11,14)/t9-/m0/s1. The summed E-state index contributed by atoms with van der Waals surface area (Å²) in [5.41, 5.74) is 7.93. The first kappa shape index (κ1) is 9.43. The summed E-state index contributed by atoms with van der Waals surface area (Å²) >= 11 is 0. The van der Waals surface area contributed by atoms with Gasteiger partial charge in [-0.15, -0.1) is 0 Å². The molecule has 14 heavy (non-hydrogen) atoms. The van der Waals surface area contributed by atoms with Crippen LogP contribution in [0.25, 0.3) is 0 Å². The van der Waals surface area contributed by atoms with Gasteiger partial charge in [0.2, 0.25) is 0 Å². The predicted octanol–water partition coefficient (Wildman–Crippen LogP) is 0.206. The first-order valence-corrected chi connectivity index (χ1v) is 4.93. The Hall–Kier alpha value is -1.13. The van der Waals surface area contributed by atoms with Crippen molar-refractivity contribution >= 4 is 5.82 Å². The maximum atomic E-state index is 5.67. The molecular formula is C10H16N4. The molecule has 1 saturated heterocycles. The number of piperazine rings is 1. The minimum absolute atomic E-state index is 0.371. The van der Waals surface area contributed by atoms with Crippen LogP contribution >= 0.6 is 0 Å². The van der Waals surface area contributed by atoms with E-state index in [1.807, 2.05) is 13.1 Å². The number of nitrogen functional groups attached to an aromatic ring is 1. The summed E-state index contributed by atoms with van der Waals surface area (Å²) in [4.78, 5) is 4.16. The van der Waals surface area contributed by atoms with Crippen molar-refractivity contribution in [2.45, 2.75) is 13.0 Å².